The molecule has 1 atom stereocenters. The average Bonchev–Trinajstić information content (AvgIpc) is 3.12. The van der Waals surface area contributed by atoms with Crippen LogP contribution < -0.4 is 0 Å². The number of benzene rings is 1. The summed E-state index contributed by atoms with van der Waals surface area (Å²) < 4.78 is 19.7. The van der Waals surface area contributed by atoms with Crippen molar-refractivity contribution in [2.24, 2.45) is 0 Å². The van der Waals surface area contributed by atoms with E-state index >= 15 is 0 Å². The molecule has 0 aliphatic rings. The fourth-order valence-corrected chi connectivity index (χ4v) is 3.30. The average molecular weight is 373 g/mol. The highest BCUT2D eigenvalue weighted by molar-refractivity contribution is 7.16. The minimum Gasteiger partial charge on any atom is -0.462 e. The van der Waals surface area contributed by atoms with Crippen molar-refractivity contribution in [3.8, 4) is 0 Å². The van der Waals surface area contributed by atoms with E-state index in [0.717, 1.165) is 22.9 Å². The van der Waals surface area contributed by atoms with Crippen LogP contribution >= 0.6 is 11.3 Å². The largest absolute Gasteiger partial charge is 0.462 e. The fraction of sp³-hybridized carbons (Fsp3) is 0.222. The third-order valence-corrected chi connectivity index (χ3v) is 4.83. The second kappa shape index (κ2) is 7.57. The van der Waals surface area contributed by atoms with E-state index in [-0.39, 0.29) is 12.2 Å². The van der Waals surface area contributed by atoms with Crippen molar-refractivity contribution in [2.75, 3.05) is 7.11 Å². The summed E-state index contributed by atoms with van der Waals surface area (Å²) in [4.78, 5) is 33.8. The highest BCUT2D eigenvalue weighted by atomic mass is 32.1. The number of amides is 1. The van der Waals surface area contributed by atoms with Gasteiger partial charge in [-0.25, -0.2) is 14.2 Å². The molecule has 0 N–H and O–H groups in total. The van der Waals surface area contributed by atoms with Gasteiger partial charge in [-0.1, -0.05) is 6.07 Å². The van der Waals surface area contributed by atoms with Crippen molar-refractivity contribution in [3.63, 3.8) is 0 Å². The minimum absolute atomic E-state index is 0.0829. The van der Waals surface area contributed by atoms with Gasteiger partial charge in [-0.3, -0.25) is 9.78 Å². The van der Waals surface area contributed by atoms with E-state index in [1.807, 2.05) is 18.2 Å². The summed E-state index contributed by atoms with van der Waals surface area (Å²) in [5.41, 5.74) is 3.38. The number of hydrogen-bond donors (Lipinski definition) is 0. The van der Waals surface area contributed by atoms with E-state index in [1.54, 1.807) is 12.4 Å². The van der Waals surface area contributed by atoms with Crippen LogP contribution in [-0.2, 0) is 20.9 Å². The smallest absolute Gasteiger partial charge is 0.396 e. The monoisotopic (exact) mass is 373 g/mol. The van der Waals surface area contributed by atoms with Gasteiger partial charge in [0, 0.05) is 12.7 Å². The van der Waals surface area contributed by atoms with Gasteiger partial charge in [0.1, 0.15) is 5.82 Å². The quantitative estimate of drug-likeness (QED) is 0.519. The third-order valence-electron chi connectivity index (χ3n) is 4.02. The number of methoxy groups -OCH3 is 1. The molecule has 2 aromatic heterocycles. The normalized spacial score (nSPS) is 12.0. The molecule has 3 aromatic rings. The predicted molar refractivity (Wildman–Crippen MR) is 94.8 cm³/mol. The molecule has 0 bridgehead atoms. The number of carbonyl (C=O) groups is 2. The Kier molecular flexibility index (Phi) is 5.22. The number of thiazole rings is 1. The summed E-state index contributed by atoms with van der Waals surface area (Å²) >= 11 is 1.51. The van der Waals surface area contributed by atoms with Crippen LogP contribution in [-0.4, -0.2) is 33.9 Å². The molecular formula is C18H16FN3O3S. The maximum absolute atomic E-state index is 14.1. The predicted octanol–water partition coefficient (Wildman–Crippen LogP) is 3.09. The Morgan fingerprint density at radius 1 is 1.31 bits per heavy atom. The number of hydrogen-bond acceptors (Lipinski definition) is 6. The van der Waals surface area contributed by atoms with Crippen molar-refractivity contribution in [1.82, 2.24) is 14.9 Å². The summed E-state index contributed by atoms with van der Waals surface area (Å²) in [7, 11) is 1.13. The molecule has 0 saturated carbocycles. The van der Waals surface area contributed by atoms with E-state index in [0.29, 0.717) is 0 Å². The molecule has 6 nitrogen and oxygen atoms in total. The van der Waals surface area contributed by atoms with Crippen LogP contribution in [0.2, 0.25) is 0 Å². The molecular weight excluding hydrogens is 357 g/mol. The summed E-state index contributed by atoms with van der Waals surface area (Å²) in [6.45, 7) is 1.71. The highest BCUT2D eigenvalue weighted by Gasteiger charge is 2.30. The van der Waals surface area contributed by atoms with Crippen molar-refractivity contribution in [2.45, 2.75) is 19.5 Å². The van der Waals surface area contributed by atoms with Gasteiger partial charge in [-0.05, 0) is 36.8 Å². The molecule has 1 aromatic carbocycles. The standard InChI is InChI=1S/C18H16FN3O3S/c1-11(16-13(19)4-3-7-20-16)22(17(23)18(24)25-2)9-12-5-6-15-14(8-12)21-10-26-15/h3-8,10-11H,9H2,1-2H3. The lowest BCUT2D eigenvalue weighted by Crippen LogP contribution is -2.39. The molecule has 0 aliphatic carbocycles. The Labute approximate surface area is 153 Å². The number of aromatic nitrogens is 2. The lowest BCUT2D eigenvalue weighted by atomic mass is 10.1. The van der Waals surface area contributed by atoms with Gasteiger partial charge in [0.25, 0.3) is 0 Å². The topological polar surface area (TPSA) is 72.4 Å². The molecule has 1 unspecified atom stereocenters. The molecule has 0 spiro atoms. The molecule has 0 radical (unpaired) electrons. The van der Waals surface area contributed by atoms with Crippen LogP contribution in [0, 0.1) is 5.82 Å². The van der Waals surface area contributed by atoms with E-state index in [4.69, 9.17) is 0 Å². The first-order valence-corrected chi connectivity index (χ1v) is 8.70. The Morgan fingerprint density at radius 3 is 2.85 bits per heavy atom. The van der Waals surface area contributed by atoms with Crippen LogP contribution in [0.5, 0.6) is 0 Å². The molecule has 8 heteroatoms. The number of esters is 1. The van der Waals surface area contributed by atoms with Crippen LogP contribution in [0.1, 0.15) is 24.2 Å². The summed E-state index contributed by atoms with van der Waals surface area (Å²) in [5.74, 6) is -2.41. The highest BCUT2D eigenvalue weighted by Crippen LogP contribution is 2.25. The Bertz CT molecular complexity index is 960. The molecule has 134 valence electrons. The van der Waals surface area contributed by atoms with Crippen molar-refractivity contribution >= 4 is 33.4 Å². The molecule has 2 heterocycles. The SMILES string of the molecule is COC(=O)C(=O)N(Cc1ccc2scnc2c1)C(C)c1ncccc1F. The van der Waals surface area contributed by atoms with Crippen LogP contribution in [0.15, 0.2) is 42.0 Å². The van der Waals surface area contributed by atoms with E-state index < -0.39 is 23.7 Å². The summed E-state index contributed by atoms with van der Waals surface area (Å²) in [6, 6.07) is 7.56. The molecule has 26 heavy (non-hydrogen) atoms. The zero-order valence-electron chi connectivity index (χ0n) is 14.2. The Hall–Kier alpha value is -2.87. The molecule has 0 aliphatic heterocycles. The van der Waals surface area contributed by atoms with Crippen molar-refractivity contribution in [3.05, 3.63) is 59.1 Å². The zero-order valence-corrected chi connectivity index (χ0v) is 15.0. The van der Waals surface area contributed by atoms with Crippen molar-refractivity contribution < 1.29 is 18.7 Å². The van der Waals surface area contributed by atoms with Crippen LogP contribution in [0.4, 0.5) is 4.39 Å². The number of pyridine rings is 1. The molecule has 1 amide bonds. The first-order valence-electron chi connectivity index (χ1n) is 7.82. The second-order valence-corrected chi connectivity index (χ2v) is 6.51. The Morgan fingerprint density at radius 2 is 2.12 bits per heavy atom. The van der Waals surface area contributed by atoms with Gasteiger partial charge >= 0.3 is 11.9 Å². The third kappa shape index (κ3) is 3.55. The lowest BCUT2D eigenvalue weighted by Gasteiger charge is -2.28. The summed E-state index contributed by atoms with van der Waals surface area (Å²) in [6.07, 6.45) is 1.44. The summed E-state index contributed by atoms with van der Waals surface area (Å²) in [5, 5.41) is 0. The number of nitrogens with zero attached hydrogens (tertiary/aromatic N) is 3. The fourth-order valence-electron chi connectivity index (χ4n) is 2.64. The van der Waals surface area contributed by atoms with Gasteiger partial charge in [0.15, 0.2) is 0 Å². The molecule has 0 saturated heterocycles. The first-order chi connectivity index (χ1) is 12.5. The molecule has 3 rings (SSSR count). The number of rotatable bonds is 4. The van der Waals surface area contributed by atoms with E-state index in [2.05, 4.69) is 14.7 Å². The van der Waals surface area contributed by atoms with Gasteiger partial charge in [-0.2, -0.15) is 0 Å². The lowest BCUT2D eigenvalue weighted by molar-refractivity contribution is -0.159. The first kappa shape index (κ1) is 17.9. The van der Waals surface area contributed by atoms with Crippen LogP contribution in [0.25, 0.3) is 10.2 Å². The van der Waals surface area contributed by atoms with Gasteiger partial charge in [-0.15, -0.1) is 11.3 Å². The zero-order chi connectivity index (χ0) is 18.7. The maximum atomic E-state index is 14.1. The van der Waals surface area contributed by atoms with Gasteiger partial charge < -0.3 is 9.64 Å². The van der Waals surface area contributed by atoms with E-state index in [9.17, 15) is 14.0 Å². The van der Waals surface area contributed by atoms with E-state index in [1.165, 1.54) is 34.6 Å². The van der Waals surface area contributed by atoms with Gasteiger partial charge in [0.2, 0.25) is 0 Å². The molecule has 0 fully saturated rings. The Balaban J connectivity index is 1.95. The minimum atomic E-state index is -1.01. The van der Waals surface area contributed by atoms with Crippen LogP contribution in [0.3, 0.4) is 0 Å². The second-order valence-electron chi connectivity index (χ2n) is 5.63. The number of carbonyl (C=O) groups excluding carboxylic acids is 2. The number of ether oxygens (including phenoxy) is 1. The number of fused-ring (bicyclic) bond motifs is 1. The van der Waals surface area contributed by atoms with Crippen molar-refractivity contribution in [1.29, 1.82) is 0 Å². The number of halogens is 1. The maximum Gasteiger partial charge on any atom is 0.396 e. The van der Waals surface area contributed by atoms with Gasteiger partial charge in [0.05, 0.1) is 34.6 Å².